The number of nitrogens with zero attached hydrogens (tertiary/aromatic N) is 2. The minimum Gasteiger partial charge on any atom is -0.379 e. The van der Waals surface area contributed by atoms with Crippen LogP contribution in [0.1, 0.15) is 42.3 Å². The molecule has 1 heterocycles. The Hall–Kier alpha value is -0.450. The average molecular weight is 484 g/mol. The number of aromatic nitrogens is 1. The number of unbranched alkanes of at least 4 members (excludes halogenated alkanes) is 1. The van der Waals surface area contributed by atoms with Gasteiger partial charge in [-0.3, -0.25) is 0 Å². The van der Waals surface area contributed by atoms with Crippen molar-refractivity contribution in [2.45, 2.75) is 47.1 Å². The zero-order chi connectivity index (χ0) is 17.6. The molecule has 0 radical (unpaired) electrons. The van der Waals surface area contributed by atoms with Gasteiger partial charge >= 0.3 is 0 Å². The van der Waals surface area contributed by atoms with Crippen molar-refractivity contribution in [1.82, 2.24) is 15.6 Å². The Bertz CT molecular complexity index is 464. The summed E-state index contributed by atoms with van der Waals surface area (Å²) in [6.07, 6.45) is 2.28. The lowest BCUT2D eigenvalue weighted by Crippen LogP contribution is -2.39. The molecule has 2 N–H and O–H groups in total. The highest BCUT2D eigenvalue weighted by Crippen LogP contribution is 2.16. The summed E-state index contributed by atoms with van der Waals surface area (Å²) in [5, 5.41) is 7.55. The van der Waals surface area contributed by atoms with Crippen molar-refractivity contribution >= 4 is 41.3 Å². The molecule has 0 spiro atoms. The van der Waals surface area contributed by atoms with Crippen molar-refractivity contribution in [2.75, 3.05) is 39.5 Å². The molecule has 0 aromatic carbocycles. The lowest BCUT2D eigenvalue weighted by molar-refractivity contribution is 0.0487. The van der Waals surface area contributed by atoms with Crippen LogP contribution in [-0.4, -0.2) is 50.5 Å². The SMILES string of the molecule is CCCCOCCOCCNC(=NCc1nc(C)c(C)s1)NCC.I. The Labute approximate surface area is 173 Å². The standard InChI is InChI=1S/C17H32N4O2S.HI/c1-5-7-9-22-11-12-23-10-8-19-17(18-6-2)20-13-16-21-14(3)15(4)24-16;/h5-13H2,1-4H3,(H2,18,19,20);1H. The van der Waals surface area contributed by atoms with E-state index in [2.05, 4.69) is 41.4 Å². The van der Waals surface area contributed by atoms with E-state index in [0.717, 1.165) is 49.2 Å². The summed E-state index contributed by atoms with van der Waals surface area (Å²) in [5.74, 6) is 0.797. The van der Waals surface area contributed by atoms with E-state index >= 15 is 0 Å². The number of nitrogens with one attached hydrogen (secondary N) is 2. The summed E-state index contributed by atoms with van der Waals surface area (Å²) < 4.78 is 11.0. The predicted octanol–water partition coefficient (Wildman–Crippen LogP) is 3.27. The van der Waals surface area contributed by atoms with Crippen LogP contribution < -0.4 is 10.6 Å². The van der Waals surface area contributed by atoms with E-state index < -0.39 is 0 Å². The molecule has 0 unspecified atom stereocenters. The first-order valence-electron chi connectivity index (χ1n) is 8.77. The minimum absolute atomic E-state index is 0. The van der Waals surface area contributed by atoms with Crippen LogP contribution in [-0.2, 0) is 16.0 Å². The first-order chi connectivity index (χ1) is 11.7. The van der Waals surface area contributed by atoms with E-state index in [4.69, 9.17) is 9.47 Å². The summed E-state index contributed by atoms with van der Waals surface area (Å²) in [7, 11) is 0. The molecule has 1 aromatic heterocycles. The van der Waals surface area contributed by atoms with Crippen LogP contribution >= 0.6 is 35.3 Å². The van der Waals surface area contributed by atoms with Crippen molar-refractivity contribution < 1.29 is 9.47 Å². The normalized spacial score (nSPS) is 11.3. The van der Waals surface area contributed by atoms with Crippen molar-refractivity contribution in [1.29, 1.82) is 0 Å². The molecular formula is C17H33IN4O2S. The fourth-order valence-electron chi connectivity index (χ4n) is 1.91. The summed E-state index contributed by atoms with van der Waals surface area (Å²) >= 11 is 1.71. The highest BCUT2D eigenvalue weighted by atomic mass is 127. The quantitative estimate of drug-likeness (QED) is 0.206. The molecule has 146 valence electrons. The third-order valence-electron chi connectivity index (χ3n) is 3.34. The van der Waals surface area contributed by atoms with Crippen molar-refractivity contribution in [3.05, 3.63) is 15.6 Å². The van der Waals surface area contributed by atoms with Gasteiger partial charge < -0.3 is 20.1 Å². The Kier molecular flexibility index (Phi) is 15.5. The summed E-state index contributed by atoms with van der Waals surface area (Å²) in [6.45, 7) is 13.2. The third-order valence-corrected chi connectivity index (χ3v) is 4.40. The summed E-state index contributed by atoms with van der Waals surface area (Å²) in [5.41, 5.74) is 1.10. The molecule has 1 aromatic rings. The number of aryl methyl sites for hydroxylation is 2. The number of hydrogen-bond acceptors (Lipinski definition) is 5. The first-order valence-corrected chi connectivity index (χ1v) is 9.59. The molecule has 1 rings (SSSR count). The highest BCUT2D eigenvalue weighted by molar-refractivity contribution is 14.0. The predicted molar refractivity (Wildman–Crippen MR) is 116 cm³/mol. The van der Waals surface area contributed by atoms with E-state index in [1.54, 1.807) is 11.3 Å². The largest absolute Gasteiger partial charge is 0.379 e. The molecule has 6 nitrogen and oxygen atoms in total. The first kappa shape index (κ1) is 24.6. The Morgan fingerprint density at radius 3 is 2.40 bits per heavy atom. The van der Waals surface area contributed by atoms with Gasteiger partial charge in [0.25, 0.3) is 0 Å². The van der Waals surface area contributed by atoms with E-state index in [9.17, 15) is 0 Å². The topological polar surface area (TPSA) is 67.8 Å². The number of ether oxygens (including phenoxy) is 2. The molecule has 0 aliphatic rings. The lowest BCUT2D eigenvalue weighted by Gasteiger charge is -2.11. The molecule has 0 saturated heterocycles. The highest BCUT2D eigenvalue weighted by Gasteiger charge is 2.03. The number of halogens is 1. The molecule has 0 atom stereocenters. The van der Waals surface area contributed by atoms with Crippen molar-refractivity contribution in [3.63, 3.8) is 0 Å². The lowest BCUT2D eigenvalue weighted by atomic mass is 10.4. The third kappa shape index (κ3) is 11.7. The van der Waals surface area contributed by atoms with Crippen LogP contribution in [0.5, 0.6) is 0 Å². The number of guanidine groups is 1. The summed E-state index contributed by atoms with van der Waals surface area (Å²) in [6, 6.07) is 0. The van der Waals surface area contributed by atoms with Crippen molar-refractivity contribution in [3.8, 4) is 0 Å². The molecule has 0 amide bonds. The van der Waals surface area contributed by atoms with Gasteiger partial charge in [0.1, 0.15) is 5.01 Å². The van der Waals surface area contributed by atoms with Crippen LogP contribution in [0.25, 0.3) is 0 Å². The van der Waals surface area contributed by atoms with Gasteiger partial charge in [0.2, 0.25) is 0 Å². The van der Waals surface area contributed by atoms with Gasteiger partial charge in [-0.1, -0.05) is 13.3 Å². The number of hydrogen-bond donors (Lipinski definition) is 2. The fourth-order valence-corrected chi connectivity index (χ4v) is 2.76. The second-order valence-electron chi connectivity index (χ2n) is 5.45. The summed E-state index contributed by atoms with van der Waals surface area (Å²) in [4.78, 5) is 10.3. The molecule has 0 aliphatic carbocycles. The molecule has 0 bridgehead atoms. The Balaban J connectivity index is 0.00000576. The maximum Gasteiger partial charge on any atom is 0.191 e. The molecule has 0 saturated carbocycles. The van der Waals surface area contributed by atoms with Gasteiger partial charge in [-0.25, -0.2) is 9.98 Å². The molecule has 25 heavy (non-hydrogen) atoms. The average Bonchev–Trinajstić information content (AvgIpc) is 2.89. The van der Waals surface area contributed by atoms with Crippen LogP contribution in [0.4, 0.5) is 0 Å². The van der Waals surface area contributed by atoms with E-state index in [1.165, 1.54) is 4.88 Å². The van der Waals surface area contributed by atoms with Gasteiger partial charge in [-0.2, -0.15) is 0 Å². The molecule has 0 aliphatic heterocycles. The Morgan fingerprint density at radius 1 is 1.08 bits per heavy atom. The van der Waals surface area contributed by atoms with Gasteiger partial charge in [0.05, 0.1) is 32.1 Å². The maximum atomic E-state index is 5.54. The zero-order valence-corrected chi connectivity index (χ0v) is 19.0. The molecule has 8 heteroatoms. The van der Waals surface area contributed by atoms with Crippen LogP contribution in [0.15, 0.2) is 4.99 Å². The van der Waals surface area contributed by atoms with Crippen molar-refractivity contribution in [2.24, 2.45) is 4.99 Å². The smallest absolute Gasteiger partial charge is 0.191 e. The number of rotatable bonds is 12. The van der Waals surface area contributed by atoms with Crippen LogP contribution in [0.3, 0.4) is 0 Å². The van der Waals surface area contributed by atoms with Crippen LogP contribution in [0.2, 0.25) is 0 Å². The fraction of sp³-hybridized carbons (Fsp3) is 0.765. The molecular weight excluding hydrogens is 451 g/mol. The minimum atomic E-state index is 0. The van der Waals surface area contributed by atoms with Gasteiger partial charge in [-0.05, 0) is 27.2 Å². The Morgan fingerprint density at radius 2 is 1.80 bits per heavy atom. The number of thiazole rings is 1. The van der Waals surface area contributed by atoms with E-state index in [-0.39, 0.29) is 24.0 Å². The van der Waals surface area contributed by atoms with E-state index in [1.807, 2.05) is 6.92 Å². The second-order valence-corrected chi connectivity index (χ2v) is 6.74. The molecule has 0 fully saturated rings. The van der Waals surface area contributed by atoms with Gasteiger partial charge in [0, 0.05) is 24.6 Å². The van der Waals surface area contributed by atoms with Gasteiger partial charge in [0.15, 0.2) is 5.96 Å². The number of aliphatic imine (C=N–C) groups is 1. The monoisotopic (exact) mass is 484 g/mol. The van der Waals surface area contributed by atoms with Crippen LogP contribution in [0, 0.1) is 13.8 Å². The maximum absolute atomic E-state index is 5.54. The zero-order valence-electron chi connectivity index (χ0n) is 15.9. The second kappa shape index (κ2) is 15.8. The van der Waals surface area contributed by atoms with Gasteiger partial charge in [-0.15, -0.1) is 35.3 Å². The van der Waals surface area contributed by atoms with E-state index in [0.29, 0.717) is 26.4 Å².